The third-order valence-electron chi connectivity index (χ3n) is 16.8. The molecule has 1 N–H and O–H groups in total. The van der Waals surface area contributed by atoms with Gasteiger partial charge in [-0.25, -0.2) is 0 Å². The predicted molar refractivity (Wildman–Crippen MR) is 197 cm³/mol. The zero-order valence-corrected chi connectivity index (χ0v) is 32.4. The topological polar surface area (TPSA) is 46.5 Å². The fourth-order valence-electron chi connectivity index (χ4n) is 13.8. The van der Waals surface area contributed by atoms with Crippen molar-refractivity contribution in [3.63, 3.8) is 0 Å². The van der Waals surface area contributed by atoms with Crippen LogP contribution in [-0.2, 0) is 9.53 Å². The smallest absolute Gasteiger partial charge is 0.306 e. The summed E-state index contributed by atoms with van der Waals surface area (Å²) in [5.74, 6) is 3.02. The van der Waals surface area contributed by atoms with Crippen LogP contribution in [0.3, 0.4) is 0 Å². The molecule has 0 unspecified atom stereocenters. The molecule has 3 nitrogen and oxygen atoms in total. The number of carbonyl (C=O) groups excluding carboxylic acids is 1. The van der Waals surface area contributed by atoms with Crippen LogP contribution in [0.1, 0.15) is 190 Å². The van der Waals surface area contributed by atoms with Crippen molar-refractivity contribution in [1.82, 2.24) is 0 Å². The molecule has 5 rings (SSSR count). The molecule has 5 aliphatic rings. The van der Waals surface area contributed by atoms with Crippen molar-refractivity contribution in [2.75, 3.05) is 0 Å². The van der Waals surface area contributed by atoms with Gasteiger partial charge >= 0.3 is 5.97 Å². The summed E-state index contributed by atoms with van der Waals surface area (Å²) in [7, 11) is 0. The quantitative estimate of drug-likeness (QED) is 0.115. The molecule has 0 amide bonds. The van der Waals surface area contributed by atoms with Gasteiger partial charge < -0.3 is 9.84 Å². The first kappa shape index (κ1) is 37.4. The Balaban J connectivity index is 1.28. The van der Waals surface area contributed by atoms with E-state index in [-0.39, 0.29) is 45.3 Å². The second-order valence-corrected chi connectivity index (χ2v) is 19.5. The summed E-state index contributed by atoms with van der Waals surface area (Å²) in [6.45, 7) is 24.2. The maximum absolute atomic E-state index is 13.6. The van der Waals surface area contributed by atoms with Crippen LogP contribution >= 0.6 is 0 Å². The number of aliphatic hydroxyl groups is 1. The Hall–Kier alpha value is -0.830. The third-order valence-corrected chi connectivity index (χ3v) is 16.8. The molecule has 5 aliphatic carbocycles. The van der Waals surface area contributed by atoms with E-state index >= 15 is 0 Å². The monoisotopic (exact) mass is 653 g/mol. The summed E-state index contributed by atoms with van der Waals surface area (Å²) in [4.78, 5) is 13.6. The molecule has 0 aromatic heterocycles. The zero-order valence-electron chi connectivity index (χ0n) is 32.4. The molecule has 0 radical (unpaired) electrons. The van der Waals surface area contributed by atoms with Crippen molar-refractivity contribution in [3.8, 4) is 0 Å². The molecule has 0 aliphatic heterocycles. The van der Waals surface area contributed by atoms with Gasteiger partial charge in [0.15, 0.2) is 0 Å². The van der Waals surface area contributed by atoms with Gasteiger partial charge in [-0.05, 0) is 122 Å². The van der Waals surface area contributed by atoms with Crippen LogP contribution in [0.25, 0.3) is 0 Å². The first-order chi connectivity index (χ1) is 22.2. The number of ether oxygens (including phenoxy) is 1. The van der Waals surface area contributed by atoms with Gasteiger partial charge in [-0.15, -0.1) is 0 Å². The van der Waals surface area contributed by atoms with Crippen molar-refractivity contribution in [2.24, 2.45) is 56.7 Å². The largest absolute Gasteiger partial charge is 0.462 e. The van der Waals surface area contributed by atoms with E-state index in [9.17, 15) is 9.90 Å². The Bertz CT molecular complexity index is 1090. The van der Waals surface area contributed by atoms with Crippen molar-refractivity contribution >= 4 is 5.97 Å². The van der Waals surface area contributed by atoms with Crippen molar-refractivity contribution in [3.05, 3.63) is 12.2 Å². The minimum Gasteiger partial charge on any atom is -0.462 e. The Morgan fingerprint density at radius 2 is 1.32 bits per heavy atom. The van der Waals surface area contributed by atoms with Gasteiger partial charge in [0.05, 0.1) is 6.10 Å². The average Bonchev–Trinajstić information content (AvgIpc) is 3.37. The number of unbranched alkanes of at least 4 members (excludes halogenated alkanes) is 10. The minimum absolute atomic E-state index is 0.00373. The first-order valence-corrected chi connectivity index (χ1v) is 20.7. The van der Waals surface area contributed by atoms with Gasteiger partial charge in [0, 0.05) is 11.8 Å². The molecular formula is C44H76O3. The molecule has 3 heteroatoms. The van der Waals surface area contributed by atoms with E-state index < -0.39 is 0 Å². The van der Waals surface area contributed by atoms with E-state index in [2.05, 4.69) is 62.0 Å². The highest BCUT2D eigenvalue weighted by atomic mass is 16.5. The van der Waals surface area contributed by atoms with Crippen molar-refractivity contribution in [2.45, 2.75) is 202 Å². The molecule has 0 aromatic rings. The van der Waals surface area contributed by atoms with Crippen LogP contribution in [0, 0.1) is 56.7 Å². The number of aliphatic hydroxyl groups excluding tert-OH is 1. The van der Waals surface area contributed by atoms with Crippen LogP contribution < -0.4 is 0 Å². The number of hydrogen-bond donors (Lipinski definition) is 1. The molecule has 47 heavy (non-hydrogen) atoms. The van der Waals surface area contributed by atoms with Crippen molar-refractivity contribution < 1.29 is 14.6 Å². The zero-order chi connectivity index (χ0) is 34.3. The standard InChI is InChI=1S/C44H76O3/c1-10-11-12-13-14-15-16-17-18-19-20-21-38(46)47-37-30-44(9)33(39-32(31(2)3)24-27-42(37,39)7)22-23-35-41(6)28-26-36(45)40(4,5)34(41)25-29-43(35,44)8/h32-37,39,45H,2,10-30H2,1,3-9H3/t32-,33+,34-,35+,36-,37-,39+,41-,42+,43+,44+/m0/s1. The molecular weight excluding hydrogens is 576 g/mol. The highest BCUT2D eigenvalue weighted by Gasteiger charge is 2.72. The predicted octanol–water partition coefficient (Wildman–Crippen LogP) is 12.2. The van der Waals surface area contributed by atoms with E-state index in [0.29, 0.717) is 36.0 Å². The molecule has 11 atom stereocenters. The fraction of sp³-hybridized carbons (Fsp3) is 0.932. The maximum Gasteiger partial charge on any atom is 0.306 e. The molecule has 0 aromatic carbocycles. The van der Waals surface area contributed by atoms with Crippen LogP contribution in [-0.4, -0.2) is 23.3 Å². The highest BCUT2D eigenvalue weighted by molar-refractivity contribution is 5.69. The number of carbonyl (C=O) groups is 1. The lowest BCUT2D eigenvalue weighted by Crippen LogP contribution is -2.68. The summed E-state index contributed by atoms with van der Waals surface area (Å²) < 4.78 is 6.74. The second kappa shape index (κ2) is 14.4. The normalized spacial score (nSPS) is 43.7. The van der Waals surface area contributed by atoms with E-state index in [1.165, 1.54) is 95.5 Å². The van der Waals surface area contributed by atoms with Gasteiger partial charge in [-0.3, -0.25) is 4.79 Å². The molecule has 0 bridgehead atoms. The SMILES string of the molecule is C=C(C)[C@@H]1CC[C@@]2(C)[C@H]1[C@H]1CC[C@@H]3[C@@]4(C)CC[C@H](O)C(C)(C)[C@@H]4CC[C@@]3(C)[C@]1(C)C[C@@H]2OC(=O)CCCCCCCCCCCCC. The van der Waals surface area contributed by atoms with Crippen LogP contribution in [0.15, 0.2) is 12.2 Å². The van der Waals surface area contributed by atoms with Crippen LogP contribution in [0.2, 0.25) is 0 Å². The Kier molecular flexibility index (Phi) is 11.5. The third kappa shape index (κ3) is 6.57. The summed E-state index contributed by atoms with van der Waals surface area (Å²) in [5, 5.41) is 11.1. The van der Waals surface area contributed by atoms with Gasteiger partial charge in [-0.1, -0.05) is 125 Å². The molecule has 0 heterocycles. The number of fused-ring (bicyclic) bond motifs is 7. The van der Waals surface area contributed by atoms with E-state index in [4.69, 9.17) is 4.74 Å². The van der Waals surface area contributed by atoms with Gasteiger partial charge in [-0.2, -0.15) is 0 Å². The lowest BCUT2D eigenvalue weighted by Gasteiger charge is -2.73. The van der Waals surface area contributed by atoms with Gasteiger partial charge in [0.1, 0.15) is 6.10 Å². The Labute approximate surface area is 291 Å². The molecule has 270 valence electrons. The van der Waals surface area contributed by atoms with Gasteiger partial charge in [0.2, 0.25) is 0 Å². The average molecular weight is 653 g/mol. The minimum atomic E-state index is -0.189. The molecule has 5 fully saturated rings. The fourth-order valence-corrected chi connectivity index (χ4v) is 13.8. The van der Waals surface area contributed by atoms with E-state index in [1.807, 2.05) is 0 Å². The van der Waals surface area contributed by atoms with Gasteiger partial charge in [0.25, 0.3) is 0 Å². The lowest BCUT2D eigenvalue weighted by atomic mass is 9.32. The van der Waals surface area contributed by atoms with E-state index in [0.717, 1.165) is 38.5 Å². The maximum atomic E-state index is 13.6. The molecule has 0 saturated heterocycles. The van der Waals surface area contributed by atoms with Crippen molar-refractivity contribution in [1.29, 1.82) is 0 Å². The second-order valence-electron chi connectivity index (χ2n) is 19.5. The first-order valence-electron chi connectivity index (χ1n) is 20.7. The Morgan fingerprint density at radius 3 is 1.94 bits per heavy atom. The lowest BCUT2D eigenvalue weighted by molar-refractivity contribution is -0.264. The molecule has 0 spiro atoms. The highest BCUT2D eigenvalue weighted by Crippen LogP contribution is 2.77. The number of allylic oxidation sites excluding steroid dienone is 1. The summed E-state index contributed by atoms with van der Waals surface area (Å²) in [5.41, 5.74) is 1.97. The van der Waals surface area contributed by atoms with Crippen LogP contribution in [0.5, 0.6) is 0 Å². The number of esters is 1. The molecule has 5 saturated carbocycles. The summed E-state index contributed by atoms with van der Waals surface area (Å²) in [6, 6.07) is 0. The number of rotatable bonds is 14. The van der Waals surface area contributed by atoms with Crippen LogP contribution in [0.4, 0.5) is 0 Å². The number of hydrogen-bond acceptors (Lipinski definition) is 3. The van der Waals surface area contributed by atoms with E-state index in [1.54, 1.807) is 0 Å². The Morgan fingerprint density at radius 1 is 0.723 bits per heavy atom. The summed E-state index contributed by atoms with van der Waals surface area (Å²) >= 11 is 0. The summed E-state index contributed by atoms with van der Waals surface area (Å²) in [6.07, 6.45) is 25.2.